The lowest BCUT2D eigenvalue weighted by Crippen LogP contribution is -2.34. The zero-order valence-electron chi connectivity index (χ0n) is 14.6. The van der Waals surface area contributed by atoms with Gasteiger partial charge in [0.05, 0.1) is 11.9 Å². The third-order valence-corrected chi connectivity index (χ3v) is 4.46. The summed E-state index contributed by atoms with van der Waals surface area (Å²) >= 11 is 0. The third kappa shape index (κ3) is 4.79. The molecule has 3 heterocycles. The predicted octanol–water partition coefficient (Wildman–Crippen LogP) is 2.34. The monoisotopic (exact) mass is 368 g/mol. The maximum Gasteiger partial charge on any atom is 0.280 e. The van der Waals surface area contributed by atoms with Gasteiger partial charge in [-0.3, -0.25) is 14.8 Å². The summed E-state index contributed by atoms with van der Waals surface area (Å²) in [6.45, 7) is 5.68. The van der Waals surface area contributed by atoms with Gasteiger partial charge < -0.3 is 9.84 Å². The summed E-state index contributed by atoms with van der Waals surface area (Å²) in [7, 11) is 0. The van der Waals surface area contributed by atoms with Crippen molar-refractivity contribution in [1.29, 1.82) is 0 Å². The van der Waals surface area contributed by atoms with Crippen LogP contribution in [0.4, 0.5) is 5.88 Å². The summed E-state index contributed by atoms with van der Waals surface area (Å²) < 4.78 is 6.89. The number of carbonyl (C=O) groups excluding carboxylic acids is 1. The van der Waals surface area contributed by atoms with Crippen LogP contribution < -0.4 is 10.6 Å². The minimum atomic E-state index is -0.331. The first kappa shape index (κ1) is 19.4. The molecule has 0 aromatic carbocycles. The molecule has 0 aliphatic carbocycles. The van der Waals surface area contributed by atoms with E-state index in [0.717, 1.165) is 37.2 Å². The van der Waals surface area contributed by atoms with E-state index in [-0.39, 0.29) is 24.0 Å². The second-order valence-electron chi connectivity index (χ2n) is 6.19. The fourth-order valence-electron chi connectivity index (χ4n) is 3.04. The lowest BCUT2D eigenvalue weighted by Gasteiger charge is -2.23. The van der Waals surface area contributed by atoms with E-state index in [0.29, 0.717) is 11.9 Å². The summed E-state index contributed by atoms with van der Waals surface area (Å²) in [6, 6.07) is 0.532. The summed E-state index contributed by atoms with van der Waals surface area (Å²) in [6.07, 6.45) is 7.14. The average molecular weight is 369 g/mol. The van der Waals surface area contributed by atoms with Gasteiger partial charge in [-0.25, -0.2) is 0 Å². The Morgan fingerprint density at radius 2 is 2.32 bits per heavy atom. The summed E-state index contributed by atoms with van der Waals surface area (Å²) in [5, 5.41) is 18.1. The van der Waals surface area contributed by atoms with Crippen molar-refractivity contribution in [2.45, 2.75) is 58.5 Å². The van der Waals surface area contributed by atoms with Gasteiger partial charge in [0.25, 0.3) is 5.91 Å². The van der Waals surface area contributed by atoms with Crippen molar-refractivity contribution in [1.82, 2.24) is 25.5 Å². The first-order valence-corrected chi connectivity index (χ1v) is 8.57. The molecule has 2 aromatic rings. The number of nitrogens with zero attached hydrogens (tertiary/aromatic N) is 4. The maximum atomic E-state index is 12.3. The molecule has 1 aliphatic rings. The molecule has 3 rings (SSSR count). The Balaban J connectivity index is 0.00000225. The minimum absolute atomic E-state index is 0. The van der Waals surface area contributed by atoms with E-state index < -0.39 is 0 Å². The fourth-order valence-corrected chi connectivity index (χ4v) is 3.04. The number of halogens is 1. The molecule has 9 heteroatoms. The molecule has 0 spiro atoms. The van der Waals surface area contributed by atoms with E-state index in [2.05, 4.69) is 26.1 Å². The van der Waals surface area contributed by atoms with E-state index in [1.54, 1.807) is 10.9 Å². The largest absolute Gasteiger partial charge is 0.338 e. The van der Waals surface area contributed by atoms with Crippen LogP contribution in [-0.4, -0.2) is 38.6 Å². The van der Waals surface area contributed by atoms with Crippen LogP contribution in [0.15, 0.2) is 10.7 Å². The number of aromatic nitrogens is 4. The summed E-state index contributed by atoms with van der Waals surface area (Å²) in [5.41, 5.74) is 1.97. The number of nitrogens with one attached hydrogen (secondary N) is 2. The van der Waals surface area contributed by atoms with Gasteiger partial charge in [-0.2, -0.15) is 0 Å². The molecule has 25 heavy (non-hydrogen) atoms. The first-order valence-electron chi connectivity index (χ1n) is 8.57. The Kier molecular flexibility index (Phi) is 6.95. The molecular formula is C16H25ClN6O2. The molecule has 1 aliphatic heterocycles. The Hall–Kier alpha value is -1.93. The highest BCUT2D eigenvalue weighted by molar-refractivity contribution is 6.02. The van der Waals surface area contributed by atoms with Crippen LogP contribution in [0.5, 0.6) is 0 Å². The number of anilines is 1. The molecule has 1 amide bonds. The molecule has 2 aromatic heterocycles. The van der Waals surface area contributed by atoms with E-state index >= 15 is 0 Å². The number of hydrogen-bond acceptors (Lipinski definition) is 6. The maximum absolute atomic E-state index is 12.3. The van der Waals surface area contributed by atoms with Gasteiger partial charge in [-0.05, 0) is 39.2 Å². The molecule has 0 radical (unpaired) electrons. The molecular weight excluding hydrogens is 344 g/mol. The topological polar surface area (TPSA) is 97.9 Å². The van der Waals surface area contributed by atoms with Crippen molar-refractivity contribution >= 4 is 24.2 Å². The van der Waals surface area contributed by atoms with Crippen molar-refractivity contribution in [3.63, 3.8) is 0 Å². The molecule has 1 fully saturated rings. The van der Waals surface area contributed by atoms with Gasteiger partial charge in [0.2, 0.25) is 5.88 Å². The smallest absolute Gasteiger partial charge is 0.280 e. The van der Waals surface area contributed by atoms with Gasteiger partial charge >= 0.3 is 0 Å². The van der Waals surface area contributed by atoms with Gasteiger partial charge in [-0.1, -0.05) is 23.7 Å². The van der Waals surface area contributed by atoms with Crippen LogP contribution in [-0.2, 0) is 13.0 Å². The molecule has 0 saturated carbocycles. The van der Waals surface area contributed by atoms with Crippen LogP contribution in [0.2, 0.25) is 0 Å². The van der Waals surface area contributed by atoms with Crippen molar-refractivity contribution in [2.75, 3.05) is 11.9 Å². The Morgan fingerprint density at radius 1 is 1.48 bits per heavy atom. The number of rotatable bonds is 6. The predicted molar refractivity (Wildman–Crippen MR) is 96.1 cm³/mol. The van der Waals surface area contributed by atoms with Gasteiger partial charge in [0, 0.05) is 18.2 Å². The number of aryl methyl sites for hydroxylation is 2. The highest BCUT2D eigenvalue weighted by atomic mass is 35.5. The highest BCUT2D eigenvalue weighted by Crippen LogP contribution is 2.20. The Morgan fingerprint density at radius 3 is 3.04 bits per heavy atom. The quantitative estimate of drug-likeness (QED) is 0.812. The van der Waals surface area contributed by atoms with Crippen molar-refractivity contribution in [2.24, 2.45) is 0 Å². The van der Waals surface area contributed by atoms with Crippen LogP contribution in [0.1, 0.15) is 54.4 Å². The molecule has 1 unspecified atom stereocenters. The van der Waals surface area contributed by atoms with E-state index in [1.807, 2.05) is 13.8 Å². The Bertz CT molecular complexity index is 693. The van der Waals surface area contributed by atoms with Crippen LogP contribution in [0, 0.1) is 6.92 Å². The van der Waals surface area contributed by atoms with Gasteiger partial charge in [0.15, 0.2) is 5.69 Å². The van der Waals surface area contributed by atoms with Crippen LogP contribution >= 0.6 is 12.4 Å². The number of piperidine rings is 1. The third-order valence-electron chi connectivity index (χ3n) is 4.46. The zero-order valence-corrected chi connectivity index (χ0v) is 15.4. The molecule has 1 saturated heterocycles. The minimum Gasteiger partial charge on any atom is -0.338 e. The number of hydrogen-bond donors (Lipinski definition) is 2. The van der Waals surface area contributed by atoms with Crippen LogP contribution in [0.3, 0.4) is 0 Å². The summed E-state index contributed by atoms with van der Waals surface area (Å²) in [5.74, 6) is 0.0591. The van der Waals surface area contributed by atoms with Crippen molar-refractivity contribution in [3.05, 3.63) is 23.1 Å². The lowest BCUT2D eigenvalue weighted by molar-refractivity contribution is 0.101. The number of amides is 1. The Labute approximate surface area is 153 Å². The molecule has 0 bridgehead atoms. The second-order valence-corrected chi connectivity index (χ2v) is 6.19. The summed E-state index contributed by atoms with van der Waals surface area (Å²) in [4.78, 5) is 12.3. The molecule has 138 valence electrons. The van der Waals surface area contributed by atoms with E-state index in [1.165, 1.54) is 19.3 Å². The van der Waals surface area contributed by atoms with Crippen molar-refractivity contribution < 1.29 is 9.32 Å². The molecule has 8 nitrogen and oxygen atoms in total. The lowest BCUT2D eigenvalue weighted by atomic mass is 10.0. The number of carbonyl (C=O) groups is 1. The van der Waals surface area contributed by atoms with Gasteiger partial charge in [-0.15, -0.1) is 17.5 Å². The van der Waals surface area contributed by atoms with E-state index in [9.17, 15) is 4.79 Å². The van der Waals surface area contributed by atoms with Gasteiger partial charge in [0.1, 0.15) is 0 Å². The normalized spacial score (nSPS) is 17.1. The average Bonchev–Trinajstić information content (AvgIpc) is 3.21. The fraction of sp³-hybridized carbons (Fsp3) is 0.625. The van der Waals surface area contributed by atoms with E-state index in [4.69, 9.17) is 4.52 Å². The molecule has 1 atom stereocenters. The molecule has 2 N–H and O–H groups in total. The highest BCUT2D eigenvalue weighted by Gasteiger charge is 2.18. The van der Waals surface area contributed by atoms with Crippen molar-refractivity contribution in [3.8, 4) is 0 Å². The van der Waals surface area contributed by atoms with Crippen LogP contribution in [0.25, 0.3) is 0 Å². The zero-order chi connectivity index (χ0) is 16.9. The second kappa shape index (κ2) is 8.96. The SMILES string of the molecule is CCc1c(C)noc1NC(=O)c1cn(CCC2CCCCN2)nn1.Cl. The first-order chi connectivity index (χ1) is 11.7. The standard InChI is InChI=1S/C16H24N6O2.ClH/c1-3-13-11(2)20-24-16(13)18-15(23)14-10-22(21-19-14)9-7-12-6-4-5-8-17-12;/h10,12,17H,3-9H2,1-2H3,(H,18,23);1H.